The van der Waals surface area contributed by atoms with Gasteiger partial charge in [0, 0.05) is 31.9 Å². The zero-order valence-electron chi connectivity index (χ0n) is 21.9. The summed E-state index contributed by atoms with van der Waals surface area (Å²) in [5.74, 6) is -0.997. The maximum Gasteiger partial charge on any atom is 0.338 e. The Morgan fingerprint density at radius 3 is 2.15 bits per heavy atom. The first-order valence-electron chi connectivity index (χ1n) is 12.7. The van der Waals surface area contributed by atoms with E-state index in [1.165, 1.54) is 57.1 Å². The number of hydrogen-bond donors (Lipinski definition) is 1. The van der Waals surface area contributed by atoms with Gasteiger partial charge in [0.05, 0.1) is 28.6 Å². The fourth-order valence-corrected chi connectivity index (χ4v) is 7.93. The molecule has 2 saturated heterocycles. The third-order valence-corrected chi connectivity index (χ3v) is 10.4. The minimum atomic E-state index is -3.78. The molecule has 2 aliphatic heterocycles. The van der Waals surface area contributed by atoms with E-state index in [2.05, 4.69) is 5.32 Å². The number of ether oxygens (including phenoxy) is 2. The van der Waals surface area contributed by atoms with Gasteiger partial charge in [0.1, 0.15) is 0 Å². The minimum Gasteiger partial charge on any atom is -0.452 e. The Bertz CT molecular complexity index is 1390. The second-order valence-corrected chi connectivity index (χ2v) is 13.8. The van der Waals surface area contributed by atoms with E-state index >= 15 is 0 Å². The Labute approximate surface area is 229 Å². The predicted molar refractivity (Wildman–Crippen MR) is 143 cm³/mol. The van der Waals surface area contributed by atoms with Crippen molar-refractivity contribution in [1.29, 1.82) is 0 Å². The van der Waals surface area contributed by atoms with E-state index < -0.39 is 38.5 Å². The van der Waals surface area contributed by atoms with Gasteiger partial charge in [-0.1, -0.05) is 19.9 Å². The lowest BCUT2D eigenvalue weighted by atomic mass is 9.94. The van der Waals surface area contributed by atoms with Gasteiger partial charge in [-0.3, -0.25) is 4.79 Å². The summed E-state index contributed by atoms with van der Waals surface area (Å²) >= 11 is 0. The topological polar surface area (TPSA) is 139 Å². The molecule has 0 radical (unpaired) electrons. The molecule has 2 aliphatic rings. The third kappa shape index (κ3) is 7.03. The lowest BCUT2D eigenvalue weighted by Gasteiger charge is -2.34. The lowest BCUT2D eigenvalue weighted by Crippen LogP contribution is -2.42. The van der Waals surface area contributed by atoms with E-state index in [1.807, 2.05) is 13.8 Å². The van der Waals surface area contributed by atoms with Crippen molar-refractivity contribution >= 4 is 37.6 Å². The van der Waals surface area contributed by atoms with E-state index in [0.29, 0.717) is 32.0 Å². The van der Waals surface area contributed by atoms with E-state index in [4.69, 9.17) is 9.47 Å². The molecule has 212 valence electrons. The molecule has 2 heterocycles. The molecule has 1 amide bonds. The highest BCUT2D eigenvalue weighted by molar-refractivity contribution is 7.89. The highest BCUT2D eigenvalue weighted by Gasteiger charge is 2.32. The third-order valence-electron chi connectivity index (χ3n) is 6.62. The zero-order chi connectivity index (χ0) is 28.2. The molecule has 2 fully saturated rings. The smallest absolute Gasteiger partial charge is 0.338 e. The molecule has 0 aromatic heterocycles. The number of esters is 1. The van der Waals surface area contributed by atoms with Crippen LogP contribution in [0.3, 0.4) is 0 Å². The van der Waals surface area contributed by atoms with Crippen LogP contribution in [-0.4, -0.2) is 83.3 Å². The van der Waals surface area contributed by atoms with Crippen LogP contribution in [0.15, 0.2) is 58.3 Å². The number of hydrogen-bond acceptors (Lipinski definition) is 8. The van der Waals surface area contributed by atoms with Gasteiger partial charge >= 0.3 is 5.97 Å². The standard InChI is InChI=1S/C26H33N3O8S2/c1-19-14-20(2)17-29(16-19)39(34,35)24-5-3-4-21(15-24)26(31)37-18-25(30)27-22-6-8-23(9-7-22)38(32,33)28-10-12-36-13-11-28/h3-9,15,19-20H,10-14,16-18H2,1-2H3,(H,27,30). The quantitative estimate of drug-likeness (QED) is 0.470. The van der Waals surface area contributed by atoms with E-state index in [9.17, 15) is 26.4 Å². The molecule has 0 aliphatic carbocycles. The fraction of sp³-hybridized carbons (Fsp3) is 0.462. The second-order valence-electron chi connectivity index (χ2n) is 9.96. The second kappa shape index (κ2) is 12.1. The molecule has 4 rings (SSSR count). The van der Waals surface area contributed by atoms with Gasteiger partial charge in [-0.15, -0.1) is 0 Å². The molecule has 0 spiro atoms. The number of carbonyl (C=O) groups is 2. The largest absolute Gasteiger partial charge is 0.452 e. The SMILES string of the molecule is CC1CC(C)CN(S(=O)(=O)c2cccc(C(=O)OCC(=O)Nc3ccc(S(=O)(=O)N4CCOCC4)cc3)c2)C1. The Balaban J connectivity index is 1.33. The minimum absolute atomic E-state index is 0.00479. The molecule has 39 heavy (non-hydrogen) atoms. The Kier molecular flexibility index (Phi) is 9.07. The molecule has 0 saturated carbocycles. The lowest BCUT2D eigenvalue weighted by molar-refractivity contribution is -0.119. The summed E-state index contributed by atoms with van der Waals surface area (Å²) in [6.07, 6.45) is 0.956. The fourth-order valence-electron chi connectivity index (χ4n) is 4.79. The van der Waals surface area contributed by atoms with Gasteiger partial charge in [0.15, 0.2) is 6.61 Å². The first kappa shape index (κ1) is 29.2. The molecule has 2 atom stereocenters. The van der Waals surface area contributed by atoms with Gasteiger partial charge in [-0.2, -0.15) is 8.61 Å². The van der Waals surface area contributed by atoms with Crippen molar-refractivity contribution in [3.63, 3.8) is 0 Å². The molecule has 2 unspecified atom stereocenters. The first-order valence-corrected chi connectivity index (χ1v) is 15.6. The van der Waals surface area contributed by atoms with Crippen LogP contribution < -0.4 is 5.32 Å². The van der Waals surface area contributed by atoms with E-state index in [1.54, 1.807) is 0 Å². The highest BCUT2D eigenvalue weighted by atomic mass is 32.2. The summed E-state index contributed by atoms with van der Waals surface area (Å²) in [6.45, 7) is 5.48. The summed E-state index contributed by atoms with van der Waals surface area (Å²) in [5, 5.41) is 2.55. The number of morpholine rings is 1. The van der Waals surface area contributed by atoms with Crippen LogP contribution in [0.4, 0.5) is 5.69 Å². The molecular weight excluding hydrogens is 546 g/mol. The van der Waals surface area contributed by atoms with Crippen molar-refractivity contribution < 1.29 is 35.9 Å². The Hall–Kier alpha value is -2.84. The molecular formula is C26H33N3O8S2. The van der Waals surface area contributed by atoms with Crippen LogP contribution >= 0.6 is 0 Å². The van der Waals surface area contributed by atoms with Crippen molar-refractivity contribution in [2.24, 2.45) is 11.8 Å². The maximum atomic E-state index is 13.2. The van der Waals surface area contributed by atoms with Gasteiger partial charge in [0.2, 0.25) is 20.0 Å². The number of sulfonamides is 2. The number of carbonyl (C=O) groups excluding carboxylic acids is 2. The van der Waals surface area contributed by atoms with Crippen molar-refractivity contribution in [3.05, 3.63) is 54.1 Å². The summed E-state index contributed by atoms with van der Waals surface area (Å²) < 4.78 is 64.8. The molecule has 2 aromatic carbocycles. The maximum absolute atomic E-state index is 13.2. The molecule has 0 bridgehead atoms. The van der Waals surface area contributed by atoms with Crippen LogP contribution in [0.25, 0.3) is 0 Å². The van der Waals surface area contributed by atoms with E-state index in [-0.39, 0.29) is 40.3 Å². The van der Waals surface area contributed by atoms with Crippen molar-refractivity contribution in [2.75, 3.05) is 51.3 Å². The van der Waals surface area contributed by atoms with Gasteiger partial charge in [0.25, 0.3) is 5.91 Å². The number of piperidine rings is 1. The van der Waals surface area contributed by atoms with Gasteiger partial charge in [-0.05, 0) is 60.7 Å². The highest BCUT2D eigenvalue weighted by Crippen LogP contribution is 2.27. The van der Waals surface area contributed by atoms with Crippen LogP contribution in [0, 0.1) is 11.8 Å². The van der Waals surface area contributed by atoms with Crippen LogP contribution in [0.2, 0.25) is 0 Å². The van der Waals surface area contributed by atoms with Crippen LogP contribution in [0.1, 0.15) is 30.6 Å². The zero-order valence-corrected chi connectivity index (χ0v) is 23.5. The summed E-state index contributed by atoms with van der Waals surface area (Å²) in [5.41, 5.74) is 0.342. The molecule has 1 N–H and O–H groups in total. The van der Waals surface area contributed by atoms with E-state index in [0.717, 1.165) is 6.42 Å². The number of anilines is 1. The Morgan fingerprint density at radius 1 is 0.897 bits per heavy atom. The molecule has 13 heteroatoms. The number of nitrogens with zero attached hydrogens (tertiary/aromatic N) is 2. The average Bonchev–Trinajstić information content (AvgIpc) is 2.92. The van der Waals surface area contributed by atoms with Crippen molar-refractivity contribution in [1.82, 2.24) is 8.61 Å². The summed E-state index contributed by atoms with van der Waals surface area (Å²) in [7, 11) is -7.44. The van der Waals surface area contributed by atoms with Crippen LogP contribution in [0.5, 0.6) is 0 Å². The predicted octanol–water partition coefficient (Wildman–Crippen LogP) is 2.17. The number of nitrogens with one attached hydrogen (secondary N) is 1. The average molecular weight is 580 g/mol. The summed E-state index contributed by atoms with van der Waals surface area (Å²) in [6, 6.07) is 11.3. The van der Waals surface area contributed by atoms with Gasteiger partial charge in [-0.25, -0.2) is 21.6 Å². The number of amides is 1. The molecule has 2 aromatic rings. The first-order chi connectivity index (χ1) is 18.5. The summed E-state index contributed by atoms with van der Waals surface area (Å²) in [4.78, 5) is 25.0. The van der Waals surface area contributed by atoms with Gasteiger partial charge < -0.3 is 14.8 Å². The number of benzene rings is 2. The normalized spacial score (nSPS) is 21.3. The van der Waals surface area contributed by atoms with Crippen LogP contribution in [-0.2, 0) is 34.3 Å². The molecule has 11 nitrogen and oxygen atoms in total. The van der Waals surface area contributed by atoms with Crippen molar-refractivity contribution in [3.8, 4) is 0 Å². The number of rotatable bonds is 8. The van der Waals surface area contributed by atoms with Crippen molar-refractivity contribution in [2.45, 2.75) is 30.1 Å². The Morgan fingerprint density at radius 2 is 1.51 bits per heavy atom. The monoisotopic (exact) mass is 579 g/mol.